The summed E-state index contributed by atoms with van der Waals surface area (Å²) in [5, 5.41) is 3.40. The normalized spacial score (nSPS) is 14.5. The minimum Gasteiger partial charge on any atom is -0.451 e. The lowest BCUT2D eigenvalue weighted by Gasteiger charge is -2.05. The summed E-state index contributed by atoms with van der Waals surface area (Å²) in [7, 11) is -3.36. The molecule has 1 amide bonds. The average Bonchev–Trinajstić information content (AvgIpc) is 3.34. The number of sulfone groups is 1. The molecule has 1 N–H and O–H groups in total. The molecule has 0 saturated heterocycles. The minimum atomic E-state index is -3.36. The van der Waals surface area contributed by atoms with E-state index in [1.165, 1.54) is 0 Å². The molecule has 0 spiro atoms. The first-order valence-electron chi connectivity index (χ1n) is 9.27. The Morgan fingerprint density at radius 3 is 2.69 bits per heavy atom. The number of nitrogens with one attached hydrogen (secondary N) is 1. The maximum atomic E-state index is 12.9. The number of nitrogens with zero attached hydrogens (tertiary/aromatic N) is 1. The van der Waals surface area contributed by atoms with Gasteiger partial charge >= 0.3 is 0 Å². The smallest absolute Gasteiger partial charge is 0.291 e. The fourth-order valence-corrected chi connectivity index (χ4v) is 4.21. The summed E-state index contributed by atoms with van der Waals surface area (Å²) in [6, 6.07) is 12.2. The molecule has 0 aliphatic heterocycles. The van der Waals surface area contributed by atoms with Crippen LogP contribution in [0, 0.1) is 0 Å². The van der Waals surface area contributed by atoms with Gasteiger partial charge < -0.3 is 14.2 Å². The molecule has 1 fully saturated rings. The molecule has 29 heavy (non-hydrogen) atoms. The Morgan fingerprint density at radius 2 is 1.93 bits per heavy atom. The molecule has 148 valence electrons. The quantitative estimate of drug-likeness (QED) is 0.528. The summed E-state index contributed by atoms with van der Waals surface area (Å²) in [6.07, 6.45) is 3.31. The van der Waals surface area contributed by atoms with Crippen molar-refractivity contribution in [3.05, 3.63) is 59.7 Å². The number of anilines is 1. The molecule has 2 aromatic heterocycles. The Labute approximate surface area is 166 Å². The summed E-state index contributed by atoms with van der Waals surface area (Å²) in [5.41, 5.74) is 2.71. The molecule has 7 nitrogen and oxygen atoms in total. The van der Waals surface area contributed by atoms with E-state index in [0.717, 1.165) is 25.0 Å². The van der Waals surface area contributed by atoms with Crippen molar-refractivity contribution in [2.45, 2.75) is 24.5 Å². The van der Waals surface area contributed by atoms with Crippen LogP contribution in [0.3, 0.4) is 0 Å². The first-order valence-corrected chi connectivity index (χ1v) is 11.3. The van der Waals surface area contributed by atoms with Gasteiger partial charge in [0.15, 0.2) is 27.1 Å². The second-order valence-corrected chi connectivity index (χ2v) is 9.58. The fraction of sp³-hybridized carbons (Fsp3) is 0.238. The Hall–Kier alpha value is -3.13. The summed E-state index contributed by atoms with van der Waals surface area (Å²) in [4.78, 5) is 17.4. The van der Waals surface area contributed by atoms with Gasteiger partial charge in [-0.05, 0) is 37.1 Å². The molecule has 8 heteroatoms. The van der Waals surface area contributed by atoms with Crippen molar-refractivity contribution in [1.82, 2.24) is 4.98 Å². The maximum Gasteiger partial charge on any atom is 0.291 e. The summed E-state index contributed by atoms with van der Waals surface area (Å²) < 4.78 is 35.2. The molecular formula is C21H18N2O5S. The average molecular weight is 410 g/mol. The Morgan fingerprint density at radius 1 is 1.14 bits per heavy atom. The van der Waals surface area contributed by atoms with E-state index in [1.807, 2.05) is 0 Å². The summed E-state index contributed by atoms with van der Waals surface area (Å²) in [5.74, 6) is 0.339. The van der Waals surface area contributed by atoms with E-state index < -0.39 is 15.7 Å². The molecule has 2 heterocycles. The van der Waals surface area contributed by atoms with Crippen LogP contribution in [0.25, 0.3) is 22.1 Å². The van der Waals surface area contributed by atoms with Gasteiger partial charge in [-0.25, -0.2) is 13.4 Å². The predicted octanol–water partition coefficient (Wildman–Crippen LogP) is 4.25. The first kappa shape index (κ1) is 17.9. The number of rotatable bonds is 5. The third kappa shape index (κ3) is 3.51. The van der Waals surface area contributed by atoms with Crippen molar-refractivity contribution < 1.29 is 22.0 Å². The highest BCUT2D eigenvalue weighted by Gasteiger charge is 2.29. The lowest BCUT2D eigenvalue weighted by atomic mass is 10.1. The first-order chi connectivity index (χ1) is 13.9. The van der Waals surface area contributed by atoms with Gasteiger partial charge in [-0.3, -0.25) is 4.79 Å². The molecule has 1 aliphatic rings. The molecule has 4 aromatic rings. The van der Waals surface area contributed by atoms with Crippen LogP contribution >= 0.6 is 0 Å². The van der Waals surface area contributed by atoms with E-state index in [1.54, 1.807) is 42.5 Å². The largest absolute Gasteiger partial charge is 0.451 e. The van der Waals surface area contributed by atoms with E-state index in [0.29, 0.717) is 39.2 Å². The number of hydrogen-bond donors (Lipinski definition) is 1. The van der Waals surface area contributed by atoms with Gasteiger partial charge in [0, 0.05) is 28.8 Å². The number of carbonyl (C=O) groups excluding carboxylic acids is 1. The van der Waals surface area contributed by atoms with Gasteiger partial charge in [0.25, 0.3) is 5.91 Å². The molecule has 2 aromatic carbocycles. The van der Waals surface area contributed by atoms with E-state index in [2.05, 4.69) is 10.3 Å². The molecule has 5 rings (SSSR count). The minimum absolute atomic E-state index is 0.00413. The highest BCUT2D eigenvalue weighted by atomic mass is 32.2. The number of aromatic nitrogens is 1. The maximum absolute atomic E-state index is 12.9. The van der Waals surface area contributed by atoms with Gasteiger partial charge in [-0.15, -0.1) is 0 Å². The van der Waals surface area contributed by atoms with Crippen LogP contribution in [0.2, 0.25) is 0 Å². The second-order valence-electron chi connectivity index (χ2n) is 7.44. The SMILES string of the molecule is CS(=O)(=O)Cc1c(C(=O)Nc2ccc3oc(C4CC4)nc3c2)oc2ccccc12. The van der Waals surface area contributed by atoms with Gasteiger partial charge in [0.05, 0.1) is 5.75 Å². The van der Waals surface area contributed by atoms with E-state index >= 15 is 0 Å². The van der Waals surface area contributed by atoms with Crippen LogP contribution in [0.1, 0.15) is 40.8 Å². The van der Waals surface area contributed by atoms with Gasteiger partial charge in [0.1, 0.15) is 11.1 Å². The van der Waals surface area contributed by atoms with Crippen LogP contribution in [0.5, 0.6) is 0 Å². The second kappa shape index (κ2) is 6.45. The van der Waals surface area contributed by atoms with E-state index in [4.69, 9.17) is 8.83 Å². The van der Waals surface area contributed by atoms with E-state index in [-0.39, 0.29) is 11.5 Å². The number of carbonyl (C=O) groups is 1. The van der Waals surface area contributed by atoms with Crippen LogP contribution in [0.15, 0.2) is 51.3 Å². The number of furan rings is 1. The van der Waals surface area contributed by atoms with Crippen LogP contribution < -0.4 is 5.32 Å². The van der Waals surface area contributed by atoms with Gasteiger partial charge in [-0.1, -0.05) is 18.2 Å². The highest BCUT2D eigenvalue weighted by Crippen LogP contribution is 2.40. The Bertz CT molecular complexity index is 1360. The molecule has 0 bridgehead atoms. The van der Waals surface area contributed by atoms with Crippen molar-refractivity contribution in [3.8, 4) is 0 Å². The topological polar surface area (TPSA) is 102 Å². The number of fused-ring (bicyclic) bond motifs is 2. The van der Waals surface area contributed by atoms with Gasteiger partial charge in [-0.2, -0.15) is 0 Å². The van der Waals surface area contributed by atoms with Crippen molar-refractivity contribution in [2.75, 3.05) is 11.6 Å². The molecule has 1 saturated carbocycles. The summed E-state index contributed by atoms with van der Waals surface area (Å²) in [6.45, 7) is 0. The molecule has 0 atom stereocenters. The van der Waals surface area contributed by atoms with Crippen molar-refractivity contribution in [3.63, 3.8) is 0 Å². The number of benzene rings is 2. The third-order valence-electron chi connectivity index (χ3n) is 4.90. The molecule has 1 aliphatic carbocycles. The zero-order chi connectivity index (χ0) is 20.2. The fourth-order valence-electron chi connectivity index (χ4n) is 3.40. The van der Waals surface area contributed by atoms with E-state index in [9.17, 15) is 13.2 Å². The molecule has 0 radical (unpaired) electrons. The summed E-state index contributed by atoms with van der Waals surface area (Å²) >= 11 is 0. The third-order valence-corrected chi connectivity index (χ3v) is 5.71. The van der Waals surface area contributed by atoms with Gasteiger partial charge in [0.2, 0.25) is 0 Å². The van der Waals surface area contributed by atoms with Crippen LogP contribution in [-0.4, -0.2) is 25.6 Å². The molecule has 0 unspecified atom stereocenters. The lowest BCUT2D eigenvalue weighted by Crippen LogP contribution is -2.14. The van der Waals surface area contributed by atoms with Crippen molar-refractivity contribution in [2.24, 2.45) is 0 Å². The highest BCUT2D eigenvalue weighted by molar-refractivity contribution is 7.89. The van der Waals surface area contributed by atoms with Crippen LogP contribution in [0.4, 0.5) is 5.69 Å². The molecular weight excluding hydrogens is 392 g/mol. The predicted molar refractivity (Wildman–Crippen MR) is 109 cm³/mol. The van der Waals surface area contributed by atoms with Crippen LogP contribution in [-0.2, 0) is 15.6 Å². The number of amides is 1. The number of oxazole rings is 1. The Balaban J connectivity index is 1.49. The number of hydrogen-bond acceptors (Lipinski definition) is 6. The number of para-hydroxylation sites is 1. The standard InChI is InChI=1S/C21H18N2O5S/c1-29(25,26)11-15-14-4-2-3-5-17(14)27-19(15)20(24)22-13-8-9-18-16(10-13)23-21(28-18)12-6-7-12/h2-5,8-10,12H,6-7,11H2,1H3,(H,22,24). The zero-order valence-electron chi connectivity index (χ0n) is 15.6. The van der Waals surface area contributed by atoms with Crippen molar-refractivity contribution in [1.29, 1.82) is 0 Å². The Kier molecular flexibility index (Phi) is 3.99. The monoisotopic (exact) mass is 410 g/mol. The lowest BCUT2D eigenvalue weighted by molar-refractivity contribution is 0.0998. The zero-order valence-corrected chi connectivity index (χ0v) is 16.5. The van der Waals surface area contributed by atoms with Crippen molar-refractivity contribution >= 4 is 43.5 Å².